The van der Waals surface area contributed by atoms with E-state index in [4.69, 9.17) is 10.7 Å². The summed E-state index contributed by atoms with van der Waals surface area (Å²) in [5.41, 5.74) is 2.58. The molecule has 122 valence electrons. The Morgan fingerprint density at radius 3 is 1.87 bits per heavy atom. The molecule has 0 aliphatic heterocycles. The van der Waals surface area contributed by atoms with Gasteiger partial charge in [-0.15, -0.1) is 0 Å². The topological polar surface area (TPSA) is 34.1 Å². The van der Waals surface area contributed by atoms with E-state index in [2.05, 4.69) is 40.2 Å². The zero-order valence-electron chi connectivity index (χ0n) is 12.6. The maximum absolute atomic E-state index is 11.0. The van der Waals surface area contributed by atoms with Crippen molar-refractivity contribution in [3.05, 3.63) is 64.1 Å². The van der Waals surface area contributed by atoms with E-state index in [1.807, 2.05) is 6.07 Å². The highest BCUT2D eigenvalue weighted by Crippen LogP contribution is 2.41. The van der Waals surface area contributed by atoms with Crippen LogP contribution in [-0.2, 0) is 9.05 Å². The van der Waals surface area contributed by atoms with Crippen molar-refractivity contribution in [1.82, 2.24) is 0 Å². The van der Waals surface area contributed by atoms with Crippen molar-refractivity contribution in [1.29, 1.82) is 0 Å². The SMILES string of the molecule is Brc1cccc(C2CC2)c1.O=S(=O)(Cl)c1cccc(C2CC2)c1. The van der Waals surface area contributed by atoms with Gasteiger partial charge < -0.3 is 0 Å². The maximum atomic E-state index is 11.0. The monoisotopic (exact) mass is 412 g/mol. The number of rotatable bonds is 3. The maximum Gasteiger partial charge on any atom is 0.261 e. The zero-order valence-corrected chi connectivity index (χ0v) is 15.7. The Kier molecular flexibility index (Phi) is 5.14. The average Bonchev–Trinajstić information content (AvgIpc) is 3.41. The summed E-state index contributed by atoms with van der Waals surface area (Å²) >= 11 is 3.46. The van der Waals surface area contributed by atoms with Gasteiger partial charge in [-0.1, -0.05) is 40.2 Å². The van der Waals surface area contributed by atoms with Gasteiger partial charge in [-0.25, -0.2) is 8.42 Å². The molecule has 0 saturated heterocycles. The molecule has 0 aromatic heterocycles. The summed E-state index contributed by atoms with van der Waals surface area (Å²) in [6.07, 6.45) is 5.09. The molecule has 0 N–H and O–H groups in total. The Balaban J connectivity index is 0.000000140. The number of hydrogen-bond donors (Lipinski definition) is 0. The minimum absolute atomic E-state index is 0.207. The van der Waals surface area contributed by atoms with Crippen LogP contribution in [0.1, 0.15) is 48.6 Å². The lowest BCUT2D eigenvalue weighted by molar-refractivity contribution is 0.609. The van der Waals surface area contributed by atoms with Crippen LogP contribution in [0.3, 0.4) is 0 Å². The standard InChI is InChI=1S/C9H9Br.C9H9ClO2S/c10-9-3-1-2-8(6-9)7-4-5-7;10-13(11,12)9-3-1-2-8(6-9)7-4-5-7/h1-3,6-7H,4-5H2;1-3,6-7H,4-5H2. The largest absolute Gasteiger partial charge is 0.261 e. The van der Waals surface area contributed by atoms with Gasteiger partial charge >= 0.3 is 0 Å². The molecule has 2 aromatic rings. The van der Waals surface area contributed by atoms with Gasteiger partial charge in [0.25, 0.3) is 9.05 Å². The van der Waals surface area contributed by atoms with E-state index < -0.39 is 9.05 Å². The van der Waals surface area contributed by atoms with Crippen LogP contribution < -0.4 is 0 Å². The van der Waals surface area contributed by atoms with Crippen molar-refractivity contribution in [3.8, 4) is 0 Å². The number of halogens is 2. The van der Waals surface area contributed by atoms with Crippen LogP contribution in [0.15, 0.2) is 57.9 Å². The molecule has 0 heterocycles. The minimum atomic E-state index is -3.56. The Labute approximate surface area is 150 Å². The lowest BCUT2D eigenvalue weighted by atomic mass is 10.1. The Morgan fingerprint density at radius 1 is 0.870 bits per heavy atom. The van der Waals surface area contributed by atoms with Gasteiger partial charge in [0.15, 0.2) is 0 Å². The van der Waals surface area contributed by atoms with Crippen LogP contribution >= 0.6 is 26.6 Å². The van der Waals surface area contributed by atoms with E-state index in [-0.39, 0.29) is 4.90 Å². The van der Waals surface area contributed by atoms with Crippen molar-refractivity contribution in [2.24, 2.45) is 0 Å². The van der Waals surface area contributed by atoms with Gasteiger partial charge in [-0.2, -0.15) is 0 Å². The molecule has 5 heteroatoms. The first-order chi connectivity index (χ1) is 10.9. The molecule has 0 amide bonds. The molecule has 23 heavy (non-hydrogen) atoms. The van der Waals surface area contributed by atoms with Gasteiger partial charge in [0.2, 0.25) is 0 Å². The van der Waals surface area contributed by atoms with E-state index in [1.54, 1.807) is 12.1 Å². The van der Waals surface area contributed by atoms with E-state index in [9.17, 15) is 8.42 Å². The molecule has 2 nitrogen and oxygen atoms in total. The number of hydrogen-bond acceptors (Lipinski definition) is 2. The third kappa shape index (κ3) is 5.07. The van der Waals surface area contributed by atoms with E-state index in [0.29, 0.717) is 5.92 Å². The van der Waals surface area contributed by atoms with Crippen LogP contribution in [0.4, 0.5) is 0 Å². The van der Waals surface area contributed by atoms with Crippen molar-refractivity contribution in [2.45, 2.75) is 42.4 Å². The van der Waals surface area contributed by atoms with Crippen molar-refractivity contribution >= 4 is 35.7 Å². The molecule has 4 rings (SSSR count). The van der Waals surface area contributed by atoms with Crippen LogP contribution in [0, 0.1) is 0 Å². The average molecular weight is 414 g/mol. The van der Waals surface area contributed by atoms with Gasteiger partial charge in [0.05, 0.1) is 4.90 Å². The fourth-order valence-electron chi connectivity index (χ4n) is 2.51. The molecule has 2 aliphatic carbocycles. The zero-order chi connectivity index (χ0) is 16.4. The summed E-state index contributed by atoms with van der Waals surface area (Å²) in [5, 5.41) is 0. The van der Waals surface area contributed by atoms with Crippen LogP contribution in [0.5, 0.6) is 0 Å². The summed E-state index contributed by atoms with van der Waals surface area (Å²) < 4.78 is 23.2. The second-order valence-electron chi connectivity index (χ2n) is 6.11. The minimum Gasteiger partial charge on any atom is -0.207 e. The summed E-state index contributed by atoms with van der Waals surface area (Å²) in [5.74, 6) is 1.43. The molecule has 0 atom stereocenters. The molecule has 2 aromatic carbocycles. The van der Waals surface area contributed by atoms with Gasteiger partial charge in [0.1, 0.15) is 0 Å². The first-order valence-electron chi connectivity index (χ1n) is 7.73. The molecule has 0 radical (unpaired) electrons. The van der Waals surface area contributed by atoms with E-state index in [0.717, 1.165) is 24.3 Å². The Bertz CT molecular complexity index is 796. The predicted octanol–water partition coefficient (Wildman–Crippen LogP) is 5.82. The molecule has 0 spiro atoms. The third-order valence-electron chi connectivity index (χ3n) is 4.09. The van der Waals surface area contributed by atoms with Crippen molar-refractivity contribution < 1.29 is 8.42 Å². The Hall–Kier alpha value is -0.840. The first kappa shape index (κ1) is 17.0. The van der Waals surface area contributed by atoms with Crippen molar-refractivity contribution in [3.63, 3.8) is 0 Å². The molecule has 2 aliphatic rings. The first-order valence-corrected chi connectivity index (χ1v) is 10.8. The molecule has 2 fully saturated rings. The molecule has 2 saturated carbocycles. The van der Waals surface area contributed by atoms with Crippen molar-refractivity contribution in [2.75, 3.05) is 0 Å². The lowest BCUT2D eigenvalue weighted by Crippen LogP contribution is -1.91. The second kappa shape index (κ2) is 6.96. The van der Waals surface area contributed by atoms with Gasteiger partial charge in [-0.05, 0) is 72.9 Å². The van der Waals surface area contributed by atoms with Gasteiger partial charge in [0, 0.05) is 15.2 Å². The third-order valence-corrected chi connectivity index (χ3v) is 5.93. The highest BCUT2D eigenvalue weighted by Gasteiger charge is 2.24. The van der Waals surface area contributed by atoms with Crippen LogP contribution in [0.2, 0.25) is 0 Å². The van der Waals surface area contributed by atoms with Crippen LogP contribution in [-0.4, -0.2) is 8.42 Å². The van der Waals surface area contributed by atoms with E-state index in [1.165, 1.54) is 28.9 Å². The fraction of sp³-hybridized carbons (Fsp3) is 0.333. The molecular formula is C18H18BrClO2S. The lowest BCUT2D eigenvalue weighted by Gasteiger charge is -1.99. The smallest absolute Gasteiger partial charge is 0.207 e. The fourth-order valence-corrected chi connectivity index (χ4v) is 3.74. The molecule has 0 unspecified atom stereocenters. The van der Waals surface area contributed by atoms with E-state index >= 15 is 0 Å². The predicted molar refractivity (Wildman–Crippen MR) is 97.6 cm³/mol. The summed E-state index contributed by atoms with van der Waals surface area (Å²) in [6.45, 7) is 0. The Morgan fingerprint density at radius 2 is 1.39 bits per heavy atom. The molecular weight excluding hydrogens is 396 g/mol. The van der Waals surface area contributed by atoms with Gasteiger partial charge in [-0.3, -0.25) is 0 Å². The highest BCUT2D eigenvalue weighted by molar-refractivity contribution is 9.10. The van der Waals surface area contributed by atoms with Crippen LogP contribution in [0.25, 0.3) is 0 Å². The normalized spacial score (nSPS) is 17.3. The number of benzene rings is 2. The second-order valence-corrected chi connectivity index (χ2v) is 9.60. The summed E-state index contributed by atoms with van der Waals surface area (Å²) in [7, 11) is 1.67. The highest BCUT2D eigenvalue weighted by atomic mass is 79.9. The quantitative estimate of drug-likeness (QED) is 0.594. The summed E-state index contributed by atoms with van der Waals surface area (Å²) in [6, 6.07) is 15.5. The molecule has 0 bridgehead atoms. The summed E-state index contributed by atoms with van der Waals surface area (Å²) in [4.78, 5) is 0.207.